The molecule has 2 saturated heterocycles. The van der Waals surface area contributed by atoms with Crippen molar-refractivity contribution in [2.45, 2.75) is 82.1 Å². The lowest BCUT2D eigenvalue weighted by atomic mass is 9.60. The molecule has 6 atom stereocenters. The number of hydrogen-bond acceptors (Lipinski definition) is 9. The van der Waals surface area contributed by atoms with E-state index in [0.717, 1.165) is 57.3 Å². The van der Waals surface area contributed by atoms with E-state index in [9.17, 15) is 19.5 Å². The second kappa shape index (κ2) is 10.8. The number of carbonyl (C=O) groups is 3. The third kappa shape index (κ3) is 4.62. The summed E-state index contributed by atoms with van der Waals surface area (Å²) in [6, 6.07) is 0. The zero-order valence-corrected chi connectivity index (χ0v) is 21.3. The van der Waals surface area contributed by atoms with Crippen molar-refractivity contribution in [2.24, 2.45) is 17.8 Å². The minimum atomic E-state index is -1.85. The topological polar surface area (TPSA) is 129 Å². The Morgan fingerprint density at radius 2 is 1.91 bits per heavy atom. The number of aliphatic hydroxyl groups is 1. The van der Waals surface area contributed by atoms with Crippen molar-refractivity contribution in [1.82, 2.24) is 16.0 Å². The van der Waals surface area contributed by atoms with Gasteiger partial charge in [-0.1, -0.05) is 18.4 Å². The van der Waals surface area contributed by atoms with E-state index in [2.05, 4.69) is 16.0 Å². The second-order valence-corrected chi connectivity index (χ2v) is 10.7. The van der Waals surface area contributed by atoms with Gasteiger partial charge < -0.3 is 25.2 Å². The lowest BCUT2D eigenvalue weighted by Crippen LogP contribution is -2.58. The summed E-state index contributed by atoms with van der Waals surface area (Å²) in [5, 5.41) is 20.3. The van der Waals surface area contributed by atoms with Gasteiger partial charge in [0.1, 0.15) is 0 Å². The summed E-state index contributed by atoms with van der Waals surface area (Å²) in [7, 11) is 3.13. The summed E-state index contributed by atoms with van der Waals surface area (Å²) in [6.07, 6.45) is 7.23. The smallest absolute Gasteiger partial charge is 0.349 e. The molecule has 0 aromatic heterocycles. The van der Waals surface area contributed by atoms with Crippen LogP contribution < -0.4 is 16.0 Å². The molecule has 4 fully saturated rings. The molecule has 0 bridgehead atoms. The van der Waals surface area contributed by atoms with Crippen LogP contribution in [-0.2, 0) is 23.9 Å². The monoisotopic (exact) mass is 491 g/mol. The van der Waals surface area contributed by atoms with Crippen LogP contribution in [0.4, 0.5) is 0 Å². The highest BCUT2D eigenvalue weighted by molar-refractivity contribution is 6.23. The van der Waals surface area contributed by atoms with E-state index < -0.39 is 29.0 Å². The summed E-state index contributed by atoms with van der Waals surface area (Å²) in [4.78, 5) is 40.0. The maximum atomic E-state index is 13.7. The van der Waals surface area contributed by atoms with Gasteiger partial charge in [-0.05, 0) is 70.5 Å². The zero-order valence-electron chi connectivity index (χ0n) is 21.3. The van der Waals surface area contributed by atoms with Crippen LogP contribution in [0.5, 0.6) is 0 Å². The van der Waals surface area contributed by atoms with Crippen LogP contribution in [0.3, 0.4) is 0 Å². The Morgan fingerprint density at radius 3 is 2.57 bits per heavy atom. The fourth-order valence-electron chi connectivity index (χ4n) is 6.61. The van der Waals surface area contributed by atoms with Crippen molar-refractivity contribution < 1.29 is 29.0 Å². The first kappa shape index (κ1) is 26.4. The number of aliphatic hydroxyl groups excluding tert-OH is 1. The molecular weight excluding hydrogens is 450 g/mol. The Kier molecular flexibility index (Phi) is 8.12. The lowest BCUT2D eigenvalue weighted by molar-refractivity contribution is -0.156. The molecule has 0 aromatic carbocycles. The van der Waals surface area contributed by atoms with Crippen molar-refractivity contribution in [3.8, 4) is 0 Å². The van der Waals surface area contributed by atoms with E-state index in [1.54, 1.807) is 0 Å². The average molecular weight is 492 g/mol. The second-order valence-electron chi connectivity index (χ2n) is 10.7. The van der Waals surface area contributed by atoms with E-state index in [-0.39, 0.29) is 30.8 Å². The maximum absolute atomic E-state index is 13.7. The first-order chi connectivity index (χ1) is 16.8. The lowest BCUT2D eigenvalue weighted by Gasteiger charge is -2.37. The molecule has 6 unspecified atom stereocenters. The summed E-state index contributed by atoms with van der Waals surface area (Å²) in [5.74, 6) is -1.59. The largest absolute Gasteiger partial charge is 0.466 e. The highest BCUT2D eigenvalue weighted by atomic mass is 16.7. The predicted octanol–water partition coefficient (Wildman–Crippen LogP) is 1.20. The molecule has 2 heterocycles. The zero-order chi connectivity index (χ0) is 25.2. The van der Waals surface area contributed by atoms with Crippen LogP contribution in [0.15, 0.2) is 11.1 Å². The van der Waals surface area contributed by atoms with Gasteiger partial charge >= 0.3 is 5.97 Å². The van der Waals surface area contributed by atoms with Gasteiger partial charge in [-0.3, -0.25) is 14.9 Å². The molecule has 0 amide bonds. The van der Waals surface area contributed by atoms with E-state index in [0.29, 0.717) is 24.3 Å². The number of Topliss-reactive ketones (excluding diaryl/α,β-unsaturated/α-hetero) is 2. The van der Waals surface area contributed by atoms with Gasteiger partial charge in [-0.25, -0.2) is 4.79 Å². The quantitative estimate of drug-likeness (QED) is 0.117. The molecule has 4 N–H and O–H groups in total. The van der Waals surface area contributed by atoms with Crippen molar-refractivity contribution in [1.29, 1.82) is 0 Å². The number of hydrogen-bond donors (Lipinski definition) is 4. The first-order valence-corrected chi connectivity index (χ1v) is 13.1. The molecule has 4 aliphatic rings. The van der Waals surface area contributed by atoms with Crippen molar-refractivity contribution in [2.75, 3.05) is 34.0 Å². The number of methoxy groups -OCH3 is 1. The third-order valence-electron chi connectivity index (χ3n) is 8.73. The average Bonchev–Trinajstić information content (AvgIpc) is 3.59. The molecule has 9 heteroatoms. The summed E-state index contributed by atoms with van der Waals surface area (Å²) in [6.45, 7) is 3.44. The number of ether oxygens (including phenoxy) is 2. The van der Waals surface area contributed by atoms with E-state index in [1.807, 2.05) is 14.0 Å². The molecule has 2 saturated carbocycles. The fourth-order valence-corrected chi connectivity index (χ4v) is 6.61. The van der Waals surface area contributed by atoms with Crippen LogP contribution in [-0.4, -0.2) is 74.0 Å². The van der Waals surface area contributed by atoms with Crippen LogP contribution in [0.1, 0.15) is 64.7 Å². The molecule has 2 aliphatic carbocycles. The van der Waals surface area contributed by atoms with Gasteiger partial charge in [-0.15, -0.1) is 0 Å². The molecule has 9 nitrogen and oxygen atoms in total. The van der Waals surface area contributed by atoms with Crippen molar-refractivity contribution in [3.63, 3.8) is 0 Å². The molecule has 196 valence electrons. The van der Waals surface area contributed by atoms with E-state index >= 15 is 0 Å². The maximum Gasteiger partial charge on any atom is 0.349 e. The normalized spacial score (nSPS) is 37.3. The SMILES string of the molecule is CNCNC1CC(CCC(C)=C(CO)CC23OC2(C(=O)OC)C(=O)C2CCCCC2C3=O)CCN1. The van der Waals surface area contributed by atoms with Crippen LogP contribution in [0.2, 0.25) is 0 Å². The number of allylic oxidation sites excluding steroid dienone is 1. The minimum absolute atomic E-state index is 0.0663. The highest BCUT2D eigenvalue weighted by Crippen LogP contribution is 2.62. The van der Waals surface area contributed by atoms with Crippen molar-refractivity contribution in [3.05, 3.63) is 11.1 Å². The molecule has 4 rings (SSSR count). The molecule has 2 aliphatic heterocycles. The van der Waals surface area contributed by atoms with E-state index in [4.69, 9.17) is 9.47 Å². The van der Waals surface area contributed by atoms with Gasteiger partial charge in [0.05, 0.1) is 19.9 Å². The Hall–Kier alpha value is -1.65. The van der Waals surface area contributed by atoms with Crippen LogP contribution in [0, 0.1) is 17.8 Å². The van der Waals surface area contributed by atoms with Crippen LogP contribution in [0.25, 0.3) is 0 Å². The fraction of sp³-hybridized carbons (Fsp3) is 0.808. The van der Waals surface area contributed by atoms with Crippen molar-refractivity contribution >= 4 is 17.5 Å². The first-order valence-electron chi connectivity index (χ1n) is 13.1. The van der Waals surface area contributed by atoms with Gasteiger partial charge in [0.15, 0.2) is 17.2 Å². The van der Waals surface area contributed by atoms with Crippen LogP contribution >= 0.6 is 0 Å². The summed E-state index contributed by atoms with van der Waals surface area (Å²) >= 11 is 0. The Balaban J connectivity index is 1.49. The van der Waals surface area contributed by atoms with Gasteiger partial charge in [0.2, 0.25) is 0 Å². The summed E-state index contributed by atoms with van der Waals surface area (Å²) < 4.78 is 10.9. The predicted molar refractivity (Wildman–Crippen MR) is 129 cm³/mol. The van der Waals surface area contributed by atoms with Gasteiger partial charge in [0.25, 0.3) is 5.60 Å². The summed E-state index contributed by atoms with van der Waals surface area (Å²) in [5.41, 5.74) is -1.70. The van der Waals surface area contributed by atoms with E-state index in [1.165, 1.54) is 7.11 Å². The number of epoxide rings is 1. The number of piperidine rings is 1. The molecule has 35 heavy (non-hydrogen) atoms. The number of esters is 1. The Morgan fingerprint density at radius 1 is 1.20 bits per heavy atom. The standard InChI is InChI=1S/C26H41N3O6/c1-16(8-9-17-10-11-28-21(12-17)29-15-27-2)18(14-30)13-25-22(31)19-6-4-5-7-20(19)23(32)26(25,35-25)24(33)34-3/h17,19-21,27-30H,4-15H2,1-3H3. The number of carbonyl (C=O) groups excluding carboxylic acids is 3. The third-order valence-corrected chi connectivity index (χ3v) is 8.73. The number of nitrogens with one attached hydrogen (secondary N) is 3. The Bertz CT molecular complexity index is 875. The highest BCUT2D eigenvalue weighted by Gasteiger charge is 2.87. The minimum Gasteiger partial charge on any atom is -0.466 e. The number of rotatable bonds is 10. The molecular formula is C26H41N3O6. The van der Waals surface area contributed by atoms with Gasteiger partial charge in [-0.2, -0.15) is 0 Å². The molecule has 0 aromatic rings. The van der Waals surface area contributed by atoms with Gasteiger partial charge in [0, 0.05) is 24.9 Å². The number of fused-ring (bicyclic) bond motifs is 2. The molecule has 0 radical (unpaired) electrons. The molecule has 0 spiro atoms. The number of ketones is 2. The Labute approximate surface area is 207 Å².